The summed E-state index contributed by atoms with van der Waals surface area (Å²) in [4.78, 5) is 26.2. The van der Waals surface area contributed by atoms with E-state index in [2.05, 4.69) is 10.6 Å². The largest absolute Gasteiger partial charge is 0.385 e. The molecule has 2 rings (SSSR count). The number of benzene rings is 1. The average Bonchev–Trinajstić information content (AvgIpc) is 2.93. The molecule has 1 saturated heterocycles. The van der Waals surface area contributed by atoms with E-state index >= 15 is 0 Å². The third-order valence-electron chi connectivity index (χ3n) is 4.33. The standard InChI is InChI=1S/C19H29N3O3/c1-25-14-6-11-20-18(23)15-21-17-9-7-16(8-10-17)19(24)22-12-4-2-3-5-13-22/h7-10,21H,2-6,11-15H2,1H3,(H,20,23). The summed E-state index contributed by atoms with van der Waals surface area (Å²) in [6, 6.07) is 7.35. The van der Waals surface area contributed by atoms with E-state index in [0.29, 0.717) is 18.7 Å². The molecule has 0 saturated carbocycles. The number of methoxy groups -OCH3 is 1. The van der Waals surface area contributed by atoms with Crippen LogP contribution >= 0.6 is 0 Å². The second kappa shape index (κ2) is 10.7. The Labute approximate surface area is 149 Å². The van der Waals surface area contributed by atoms with Crippen LogP contribution in [0.5, 0.6) is 0 Å². The van der Waals surface area contributed by atoms with E-state index in [4.69, 9.17) is 4.74 Å². The fraction of sp³-hybridized carbons (Fsp3) is 0.579. The Hall–Kier alpha value is -2.08. The summed E-state index contributed by atoms with van der Waals surface area (Å²) in [5.41, 5.74) is 1.54. The van der Waals surface area contributed by atoms with Crippen LogP contribution in [0, 0.1) is 0 Å². The number of carbonyl (C=O) groups is 2. The molecule has 1 aliphatic heterocycles. The van der Waals surface area contributed by atoms with Crippen molar-refractivity contribution in [1.29, 1.82) is 0 Å². The Bertz CT molecular complexity index is 537. The fourth-order valence-corrected chi connectivity index (χ4v) is 2.88. The Morgan fingerprint density at radius 2 is 1.76 bits per heavy atom. The molecule has 0 unspecified atom stereocenters. The van der Waals surface area contributed by atoms with Gasteiger partial charge < -0.3 is 20.3 Å². The van der Waals surface area contributed by atoms with Gasteiger partial charge in [0.2, 0.25) is 5.91 Å². The van der Waals surface area contributed by atoms with Crippen LogP contribution in [0.2, 0.25) is 0 Å². The summed E-state index contributed by atoms with van der Waals surface area (Å²) >= 11 is 0. The number of hydrogen-bond donors (Lipinski definition) is 2. The molecule has 0 spiro atoms. The van der Waals surface area contributed by atoms with Gasteiger partial charge in [0.1, 0.15) is 0 Å². The van der Waals surface area contributed by atoms with E-state index in [1.54, 1.807) is 7.11 Å². The first kappa shape index (κ1) is 19.2. The van der Waals surface area contributed by atoms with Crippen molar-refractivity contribution in [3.05, 3.63) is 29.8 Å². The van der Waals surface area contributed by atoms with Crippen LogP contribution in [0.3, 0.4) is 0 Å². The van der Waals surface area contributed by atoms with E-state index in [1.165, 1.54) is 12.8 Å². The van der Waals surface area contributed by atoms with Gasteiger partial charge >= 0.3 is 0 Å². The molecule has 0 radical (unpaired) electrons. The highest BCUT2D eigenvalue weighted by Crippen LogP contribution is 2.15. The first-order valence-electron chi connectivity index (χ1n) is 9.09. The Morgan fingerprint density at radius 1 is 1.08 bits per heavy atom. The zero-order valence-corrected chi connectivity index (χ0v) is 15.1. The van der Waals surface area contributed by atoms with Crippen molar-refractivity contribution in [2.45, 2.75) is 32.1 Å². The lowest BCUT2D eigenvalue weighted by Crippen LogP contribution is -2.32. The SMILES string of the molecule is COCCCNC(=O)CNc1ccc(C(=O)N2CCCCCC2)cc1. The van der Waals surface area contributed by atoms with Gasteiger partial charge in [0.25, 0.3) is 5.91 Å². The third-order valence-corrected chi connectivity index (χ3v) is 4.33. The molecule has 1 aromatic rings. The number of carbonyl (C=O) groups excluding carboxylic acids is 2. The van der Waals surface area contributed by atoms with Crippen LogP contribution in [0.15, 0.2) is 24.3 Å². The third kappa shape index (κ3) is 6.74. The molecule has 1 heterocycles. The lowest BCUT2D eigenvalue weighted by Gasteiger charge is -2.20. The van der Waals surface area contributed by atoms with Crippen molar-refractivity contribution in [3.8, 4) is 0 Å². The van der Waals surface area contributed by atoms with E-state index < -0.39 is 0 Å². The number of nitrogens with one attached hydrogen (secondary N) is 2. The van der Waals surface area contributed by atoms with Crippen LogP contribution in [0.1, 0.15) is 42.5 Å². The van der Waals surface area contributed by atoms with Gasteiger partial charge in [-0.05, 0) is 43.5 Å². The first-order chi connectivity index (χ1) is 12.2. The summed E-state index contributed by atoms with van der Waals surface area (Å²) in [6.07, 6.45) is 5.39. The average molecular weight is 347 g/mol. The second-order valence-electron chi connectivity index (χ2n) is 6.33. The van der Waals surface area contributed by atoms with Crippen LogP contribution in [-0.2, 0) is 9.53 Å². The number of anilines is 1. The summed E-state index contributed by atoms with van der Waals surface area (Å²) in [6.45, 7) is 3.16. The summed E-state index contributed by atoms with van der Waals surface area (Å²) in [5.74, 6) is 0.0464. The highest BCUT2D eigenvalue weighted by atomic mass is 16.5. The van der Waals surface area contributed by atoms with Gasteiger partial charge in [-0.2, -0.15) is 0 Å². The predicted octanol–water partition coefficient (Wildman–Crippen LogP) is 2.27. The Morgan fingerprint density at radius 3 is 2.40 bits per heavy atom. The van der Waals surface area contributed by atoms with Crippen LogP contribution in [0.4, 0.5) is 5.69 Å². The maximum absolute atomic E-state index is 12.5. The van der Waals surface area contributed by atoms with Gasteiger partial charge in [-0.25, -0.2) is 0 Å². The van der Waals surface area contributed by atoms with E-state index in [0.717, 1.165) is 38.0 Å². The van der Waals surface area contributed by atoms with E-state index in [1.807, 2.05) is 29.2 Å². The van der Waals surface area contributed by atoms with Crippen molar-refractivity contribution >= 4 is 17.5 Å². The van der Waals surface area contributed by atoms with Gasteiger partial charge in [-0.15, -0.1) is 0 Å². The fourth-order valence-electron chi connectivity index (χ4n) is 2.88. The molecule has 1 aromatic carbocycles. The number of amides is 2. The van der Waals surface area contributed by atoms with E-state index in [9.17, 15) is 9.59 Å². The summed E-state index contributed by atoms with van der Waals surface area (Å²) < 4.78 is 4.94. The maximum atomic E-state index is 12.5. The van der Waals surface area contributed by atoms with Gasteiger partial charge in [0.15, 0.2) is 0 Å². The van der Waals surface area contributed by atoms with Crippen LogP contribution < -0.4 is 10.6 Å². The molecule has 6 nitrogen and oxygen atoms in total. The number of nitrogens with zero attached hydrogens (tertiary/aromatic N) is 1. The van der Waals surface area contributed by atoms with Crippen molar-refractivity contribution in [1.82, 2.24) is 10.2 Å². The van der Waals surface area contributed by atoms with Gasteiger partial charge in [0, 0.05) is 44.6 Å². The van der Waals surface area contributed by atoms with Gasteiger partial charge in [-0.3, -0.25) is 9.59 Å². The normalized spacial score (nSPS) is 14.7. The molecule has 0 atom stereocenters. The molecule has 0 aromatic heterocycles. The topological polar surface area (TPSA) is 70.7 Å². The van der Waals surface area contributed by atoms with Crippen molar-refractivity contribution < 1.29 is 14.3 Å². The minimum absolute atomic E-state index is 0.0548. The van der Waals surface area contributed by atoms with Crippen molar-refractivity contribution in [2.24, 2.45) is 0 Å². The highest BCUT2D eigenvalue weighted by Gasteiger charge is 2.17. The molecular formula is C19H29N3O3. The minimum atomic E-state index is -0.0548. The number of hydrogen-bond acceptors (Lipinski definition) is 4. The van der Waals surface area contributed by atoms with E-state index in [-0.39, 0.29) is 18.4 Å². The molecule has 2 N–H and O–H groups in total. The Balaban J connectivity index is 1.77. The molecule has 1 aliphatic rings. The second-order valence-corrected chi connectivity index (χ2v) is 6.33. The highest BCUT2D eigenvalue weighted by molar-refractivity contribution is 5.94. The number of likely N-dealkylation sites (tertiary alicyclic amines) is 1. The first-order valence-corrected chi connectivity index (χ1v) is 9.09. The Kier molecular flexibility index (Phi) is 8.25. The molecule has 25 heavy (non-hydrogen) atoms. The molecule has 1 fully saturated rings. The molecule has 0 bridgehead atoms. The quantitative estimate of drug-likeness (QED) is 0.708. The van der Waals surface area contributed by atoms with Crippen LogP contribution in [0.25, 0.3) is 0 Å². The lowest BCUT2D eigenvalue weighted by atomic mass is 10.1. The predicted molar refractivity (Wildman–Crippen MR) is 98.8 cm³/mol. The molecule has 138 valence electrons. The summed E-state index contributed by atoms with van der Waals surface area (Å²) in [5, 5.41) is 5.90. The molecule has 2 amide bonds. The lowest BCUT2D eigenvalue weighted by molar-refractivity contribution is -0.119. The molecule has 6 heteroatoms. The van der Waals surface area contributed by atoms with Crippen molar-refractivity contribution in [2.75, 3.05) is 45.2 Å². The zero-order chi connectivity index (χ0) is 17.9. The van der Waals surface area contributed by atoms with Gasteiger partial charge in [0.05, 0.1) is 6.54 Å². The maximum Gasteiger partial charge on any atom is 0.253 e. The van der Waals surface area contributed by atoms with Crippen molar-refractivity contribution in [3.63, 3.8) is 0 Å². The minimum Gasteiger partial charge on any atom is -0.385 e. The number of ether oxygens (including phenoxy) is 1. The van der Waals surface area contributed by atoms with Crippen LogP contribution in [-0.4, -0.2) is 56.6 Å². The molecular weight excluding hydrogens is 318 g/mol. The number of rotatable bonds is 8. The van der Waals surface area contributed by atoms with Gasteiger partial charge in [-0.1, -0.05) is 12.8 Å². The smallest absolute Gasteiger partial charge is 0.253 e. The summed E-state index contributed by atoms with van der Waals surface area (Å²) in [7, 11) is 1.64. The molecule has 0 aliphatic carbocycles. The monoisotopic (exact) mass is 347 g/mol. The zero-order valence-electron chi connectivity index (χ0n) is 15.1.